The van der Waals surface area contributed by atoms with E-state index in [-0.39, 0.29) is 17.1 Å². The molecular weight excluding hydrogens is 310 g/mol. The van der Waals surface area contributed by atoms with Crippen LogP contribution in [0.5, 0.6) is 5.75 Å². The highest BCUT2D eigenvalue weighted by molar-refractivity contribution is 7.92. The van der Waals surface area contributed by atoms with Crippen LogP contribution in [0.4, 0.5) is 5.69 Å². The van der Waals surface area contributed by atoms with Crippen molar-refractivity contribution in [3.8, 4) is 5.75 Å². The second kappa shape index (κ2) is 5.34. The lowest BCUT2D eigenvalue weighted by atomic mass is 10.2. The topological polar surface area (TPSA) is 122 Å². The first kappa shape index (κ1) is 15.8. The number of carboxylic acids is 1. The third-order valence-corrected chi connectivity index (χ3v) is 4.66. The van der Waals surface area contributed by atoms with Gasteiger partial charge in [-0.05, 0) is 31.5 Å². The van der Waals surface area contributed by atoms with Gasteiger partial charge in [-0.2, -0.15) is 5.10 Å². The molecule has 0 atom stereocenters. The molecule has 0 amide bonds. The second-order valence-corrected chi connectivity index (χ2v) is 6.44. The van der Waals surface area contributed by atoms with Gasteiger partial charge in [0.25, 0.3) is 10.0 Å². The summed E-state index contributed by atoms with van der Waals surface area (Å²) in [6, 6.07) is 4.41. The summed E-state index contributed by atoms with van der Waals surface area (Å²) in [6.45, 7) is 3.19. The molecule has 0 radical (unpaired) electrons. The van der Waals surface area contributed by atoms with E-state index in [1.807, 2.05) is 0 Å². The van der Waals surface area contributed by atoms with Crippen LogP contribution >= 0.6 is 0 Å². The lowest BCUT2D eigenvalue weighted by molar-refractivity contribution is 0.0685. The lowest BCUT2D eigenvalue weighted by Gasteiger charge is -2.10. The summed E-state index contributed by atoms with van der Waals surface area (Å²) in [5, 5.41) is 22.6. The standard InChI is InChI=1S/C13H15N3O5S/c1-7-4-5-9(10(17)6-7)15-22(20,21)12-8(2)16(3)14-11(12)13(18)19/h4-6,15,17H,1-3H3,(H,18,19). The second-order valence-electron chi connectivity index (χ2n) is 4.82. The van der Waals surface area contributed by atoms with Crippen LogP contribution in [0.25, 0.3) is 0 Å². The molecular formula is C13H15N3O5S. The number of anilines is 1. The van der Waals surface area contributed by atoms with E-state index < -0.39 is 26.6 Å². The molecule has 1 aromatic heterocycles. The molecule has 0 aliphatic rings. The van der Waals surface area contributed by atoms with Gasteiger partial charge in [-0.3, -0.25) is 9.40 Å². The number of aryl methyl sites for hydroxylation is 2. The van der Waals surface area contributed by atoms with Gasteiger partial charge in [0.15, 0.2) is 5.69 Å². The van der Waals surface area contributed by atoms with Gasteiger partial charge in [0.2, 0.25) is 0 Å². The number of aromatic nitrogens is 2. The number of nitrogens with zero attached hydrogens (tertiary/aromatic N) is 2. The Labute approximate surface area is 127 Å². The van der Waals surface area contributed by atoms with Gasteiger partial charge in [0.1, 0.15) is 10.6 Å². The fourth-order valence-electron chi connectivity index (χ4n) is 1.97. The van der Waals surface area contributed by atoms with E-state index in [4.69, 9.17) is 5.11 Å². The number of phenols is 1. The Morgan fingerprint density at radius 3 is 2.50 bits per heavy atom. The van der Waals surface area contributed by atoms with Crippen molar-refractivity contribution < 1.29 is 23.4 Å². The molecule has 1 heterocycles. The zero-order chi connectivity index (χ0) is 16.7. The molecule has 22 heavy (non-hydrogen) atoms. The van der Waals surface area contributed by atoms with Gasteiger partial charge in [-0.25, -0.2) is 13.2 Å². The van der Waals surface area contributed by atoms with Crippen molar-refractivity contribution in [3.63, 3.8) is 0 Å². The van der Waals surface area contributed by atoms with Gasteiger partial charge in [0.05, 0.1) is 11.4 Å². The summed E-state index contributed by atoms with van der Waals surface area (Å²) in [5.74, 6) is -1.70. The molecule has 0 bridgehead atoms. The van der Waals surface area contributed by atoms with Crippen LogP contribution in [0, 0.1) is 13.8 Å². The number of nitrogens with one attached hydrogen (secondary N) is 1. The van der Waals surface area contributed by atoms with Gasteiger partial charge in [-0.15, -0.1) is 0 Å². The fourth-order valence-corrected chi connectivity index (χ4v) is 3.44. The number of hydrogen-bond donors (Lipinski definition) is 3. The molecule has 118 valence electrons. The molecule has 0 saturated heterocycles. The average Bonchev–Trinajstić information content (AvgIpc) is 2.70. The summed E-state index contributed by atoms with van der Waals surface area (Å²) in [7, 11) is -2.76. The number of benzene rings is 1. The van der Waals surface area contributed by atoms with Crippen LogP contribution in [0.1, 0.15) is 21.7 Å². The van der Waals surface area contributed by atoms with Crippen LogP contribution in [0.3, 0.4) is 0 Å². The minimum Gasteiger partial charge on any atom is -0.506 e. The molecule has 8 nitrogen and oxygen atoms in total. The van der Waals surface area contributed by atoms with Crippen LogP contribution < -0.4 is 4.72 Å². The number of rotatable bonds is 4. The van der Waals surface area contributed by atoms with Crippen molar-refractivity contribution >= 4 is 21.7 Å². The van der Waals surface area contributed by atoms with Crippen molar-refractivity contribution in [3.05, 3.63) is 35.2 Å². The molecule has 0 fully saturated rings. The first-order valence-corrected chi connectivity index (χ1v) is 7.71. The molecule has 0 aliphatic carbocycles. The number of carbonyl (C=O) groups is 1. The third-order valence-electron chi connectivity index (χ3n) is 3.15. The molecule has 0 spiro atoms. The van der Waals surface area contributed by atoms with E-state index in [0.29, 0.717) is 0 Å². The van der Waals surface area contributed by atoms with Gasteiger partial charge < -0.3 is 10.2 Å². The predicted molar refractivity (Wildman–Crippen MR) is 78.6 cm³/mol. The van der Waals surface area contributed by atoms with E-state index >= 15 is 0 Å². The lowest BCUT2D eigenvalue weighted by Crippen LogP contribution is -2.17. The van der Waals surface area contributed by atoms with E-state index in [0.717, 1.165) is 5.56 Å². The summed E-state index contributed by atoms with van der Waals surface area (Å²) in [6.07, 6.45) is 0. The summed E-state index contributed by atoms with van der Waals surface area (Å²) in [5.41, 5.74) is 0.324. The third kappa shape index (κ3) is 2.75. The number of aromatic hydroxyl groups is 1. The maximum atomic E-state index is 12.5. The first-order valence-electron chi connectivity index (χ1n) is 6.23. The monoisotopic (exact) mass is 325 g/mol. The Morgan fingerprint density at radius 1 is 1.32 bits per heavy atom. The van der Waals surface area contributed by atoms with E-state index in [1.165, 1.54) is 30.8 Å². The zero-order valence-electron chi connectivity index (χ0n) is 12.2. The zero-order valence-corrected chi connectivity index (χ0v) is 13.0. The van der Waals surface area contributed by atoms with E-state index in [2.05, 4.69) is 9.82 Å². The quantitative estimate of drug-likeness (QED) is 0.727. The molecule has 2 rings (SSSR count). The van der Waals surface area contributed by atoms with Gasteiger partial charge >= 0.3 is 5.97 Å². The predicted octanol–water partition coefficient (Wildman–Crippen LogP) is 1.24. The van der Waals surface area contributed by atoms with Crippen molar-refractivity contribution in [1.29, 1.82) is 0 Å². The fraction of sp³-hybridized carbons (Fsp3) is 0.231. The Bertz CT molecular complexity index is 855. The van der Waals surface area contributed by atoms with Crippen molar-refractivity contribution in [2.75, 3.05) is 4.72 Å². The van der Waals surface area contributed by atoms with Crippen molar-refractivity contribution in [2.24, 2.45) is 7.05 Å². The smallest absolute Gasteiger partial charge is 0.357 e. The Balaban J connectivity index is 2.54. The minimum atomic E-state index is -4.21. The molecule has 0 aliphatic heterocycles. The molecule has 2 aromatic rings. The molecule has 3 N–H and O–H groups in total. The molecule has 0 saturated carbocycles. The van der Waals surface area contributed by atoms with Crippen LogP contribution in [0.15, 0.2) is 23.1 Å². The summed E-state index contributed by atoms with van der Waals surface area (Å²) in [4.78, 5) is 10.8. The summed E-state index contributed by atoms with van der Waals surface area (Å²) >= 11 is 0. The van der Waals surface area contributed by atoms with Crippen LogP contribution in [0.2, 0.25) is 0 Å². The largest absolute Gasteiger partial charge is 0.506 e. The SMILES string of the molecule is Cc1ccc(NS(=O)(=O)c2c(C(=O)O)nn(C)c2C)c(O)c1. The van der Waals surface area contributed by atoms with E-state index in [1.54, 1.807) is 13.0 Å². The normalized spacial score (nSPS) is 11.4. The Kier molecular flexibility index (Phi) is 3.84. The van der Waals surface area contributed by atoms with Gasteiger partial charge in [-0.1, -0.05) is 6.07 Å². The highest BCUT2D eigenvalue weighted by atomic mass is 32.2. The molecule has 0 unspecified atom stereocenters. The summed E-state index contributed by atoms with van der Waals surface area (Å²) < 4.78 is 28.3. The first-order chi connectivity index (χ1) is 10.1. The number of phenolic OH excluding ortho intramolecular Hbond substituents is 1. The number of sulfonamides is 1. The van der Waals surface area contributed by atoms with Crippen LogP contribution in [-0.4, -0.2) is 34.4 Å². The maximum Gasteiger partial charge on any atom is 0.357 e. The average molecular weight is 325 g/mol. The molecule has 9 heteroatoms. The Morgan fingerprint density at radius 2 is 1.95 bits per heavy atom. The highest BCUT2D eigenvalue weighted by Crippen LogP contribution is 2.28. The maximum absolute atomic E-state index is 12.5. The number of aromatic carboxylic acids is 1. The highest BCUT2D eigenvalue weighted by Gasteiger charge is 2.30. The molecule has 1 aromatic carbocycles. The van der Waals surface area contributed by atoms with Crippen LogP contribution in [-0.2, 0) is 17.1 Å². The van der Waals surface area contributed by atoms with E-state index in [9.17, 15) is 18.3 Å². The van der Waals surface area contributed by atoms with Gasteiger partial charge in [0, 0.05) is 7.05 Å². The number of carboxylic acid groups (broad SMARTS) is 1. The van der Waals surface area contributed by atoms with Crippen molar-refractivity contribution in [2.45, 2.75) is 18.7 Å². The van der Waals surface area contributed by atoms with Crippen molar-refractivity contribution in [1.82, 2.24) is 9.78 Å². The Hall–Kier alpha value is -2.55. The minimum absolute atomic E-state index is 0.0369. The number of hydrogen-bond acceptors (Lipinski definition) is 5.